The lowest BCUT2D eigenvalue weighted by Gasteiger charge is -2.24. The topological polar surface area (TPSA) is 26.3 Å². The minimum atomic E-state index is -0.194. The number of rotatable bonds is 3. The van der Waals surface area contributed by atoms with Crippen LogP contribution in [0.15, 0.2) is 0 Å². The Bertz CT molecular complexity index is 153. The van der Waals surface area contributed by atoms with E-state index in [4.69, 9.17) is 23.5 Å². The lowest BCUT2D eigenvalue weighted by Crippen LogP contribution is -2.20. The zero-order chi connectivity index (χ0) is 8.97. The summed E-state index contributed by atoms with van der Waals surface area (Å²) in [4.78, 5) is 10.8. The van der Waals surface area contributed by atoms with Crippen LogP contribution in [0, 0.1) is 11.8 Å². The van der Waals surface area contributed by atoms with Crippen LogP contribution in [-0.2, 0) is 9.08 Å². The number of hydrogen-bond acceptors (Lipinski definition) is 2. The molecule has 0 aromatic carbocycles. The average molecular weight is 211 g/mol. The first kappa shape index (κ1) is 10.3. The van der Waals surface area contributed by atoms with Gasteiger partial charge >= 0.3 is 0 Å². The van der Waals surface area contributed by atoms with Crippen LogP contribution in [0.1, 0.15) is 25.7 Å². The zero-order valence-corrected chi connectivity index (χ0v) is 8.27. The van der Waals surface area contributed by atoms with Crippen molar-refractivity contribution in [2.75, 3.05) is 6.61 Å². The molecule has 1 fully saturated rings. The SMILES string of the molecule is O=C(Cl)[C@H]1CC[C@H](COCl)CC1. The molecule has 0 unspecified atom stereocenters. The van der Waals surface area contributed by atoms with E-state index in [1.54, 1.807) is 0 Å². The molecular weight excluding hydrogens is 199 g/mol. The van der Waals surface area contributed by atoms with E-state index in [1.165, 1.54) is 0 Å². The highest BCUT2D eigenvalue weighted by Crippen LogP contribution is 2.30. The summed E-state index contributed by atoms with van der Waals surface area (Å²) in [7, 11) is 0. The standard InChI is InChI=1S/C8H12Cl2O2/c9-8(11)7-3-1-6(2-4-7)5-12-10/h6-7H,1-5H2/t6-,7-. The highest BCUT2D eigenvalue weighted by atomic mass is 35.5. The fraction of sp³-hybridized carbons (Fsp3) is 0.875. The Morgan fingerprint density at radius 3 is 2.33 bits per heavy atom. The summed E-state index contributed by atoms with van der Waals surface area (Å²) in [6.07, 6.45) is 3.76. The van der Waals surface area contributed by atoms with Gasteiger partial charge in [0, 0.05) is 5.92 Å². The van der Waals surface area contributed by atoms with Crippen LogP contribution < -0.4 is 0 Å². The molecule has 0 heterocycles. The fourth-order valence-corrected chi connectivity index (χ4v) is 2.04. The van der Waals surface area contributed by atoms with Gasteiger partial charge < -0.3 is 0 Å². The second-order valence-electron chi connectivity index (χ2n) is 3.30. The van der Waals surface area contributed by atoms with Gasteiger partial charge in [-0.25, -0.2) is 0 Å². The lowest BCUT2D eigenvalue weighted by atomic mass is 9.83. The van der Waals surface area contributed by atoms with Crippen molar-refractivity contribution in [3.05, 3.63) is 0 Å². The van der Waals surface area contributed by atoms with E-state index in [-0.39, 0.29) is 11.2 Å². The molecule has 1 saturated carbocycles. The molecule has 12 heavy (non-hydrogen) atoms. The van der Waals surface area contributed by atoms with E-state index in [9.17, 15) is 4.79 Å². The molecule has 1 aliphatic rings. The summed E-state index contributed by atoms with van der Waals surface area (Å²) in [6.45, 7) is 0.588. The summed E-state index contributed by atoms with van der Waals surface area (Å²) in [5.41, 5.74) is 0. The van der Waals surface area contributed by atoms with Gasteiger partial charge in [0.25, 0.3) is 0 Å². The average Bonchev–Trinajstić information content (AvgIpc) is 2.06. The third kappa shape index (κ3) is 2.92. The van der Waals surface area contributed by atoms with Crippen molar-refractivity contribution in [1.82, 2.24) is 0 Å². The predicted molar refractivity (Wildman–Crippen MR) is 48.1 cm³/mol. The molecule has 0 atom stereocenters. The summed E-state index contributed by atoms with van der Waals surface area (Å²) >= 11 is 10.5. The van der Waals surface area contributed by atoms with Gasteiger partial charge in [-0.2, -0.15) is 0 Å². The minimum Gasteiger partial charge on any atom is -0.281 e. The molecule has 0 bridgehead atoms. The van der Waals surface area contributed by atoms with Crippen molar-refractivity contribution in [1.29, 1.82) is 0 Å². The summed E-state index contributed by atoms with van der Waals surface area (Å²) < 4.78 is 4.53. The Labute approximate surface area is 82.3 Å². The maximum absolute atomic E-state index is 10.8. The van der Waals surface area contributed by atoms with Crippen molar-refractivity contribution in [2.45, 2.75) is 25.7 Å². The molecule has 0 aliphatic heterocycles. The molecule has 0 aromatic rings. The van der Waals surface area contributed by atoms with Crippen molar-refractivity contribution in [2.24, 2.45) is 11.8 Å². The van der Waals surface area contributed by atoms with Gasteiger partial charge in [0.1, 0.15) is 0 Å². The molecule has 70 valence electrons. The molecule has 1 aliphatic carbocycles. The summed E-state index contributed by atoms with van der Waals surface area (Å²) in [5.74, 6) is 0.577. The van der Waals surface area contributed by atoms with E-state index in [0.29, 0.717) is 12.5 Å². The Morgan fingerprint density at radius 1 is 1.33 bits per heavy atom. The summed E-state index contributed by atoms with van der Waals surface area (Å²) in [6, 6.07) is 0. The second-order valence-corrected chi connectivity index (χ2v) is 3.89. The first-order valence-corrected chi connectivity index (χ1v) is 4.85. The predicted octanol–water partition coefficient (Wildman–Crippen LogP) is 2.73. The van der Waals surface area contributed by atoms with Crippen LogP contribution in [0.25, 0.3) is 0 Å². The van der Waals surface area contributed by atoms with Crippen LogP contribution in [0.2, 0.25) is 0 Å². The normalized spacial score (nSPS) is 30.2. The first-order valence-electron chi connectivity index (χ1n) is 4.17. The zero-order valence-electron chi connectivity index (χ0n) is 6.76. The molecular formula is C8H12Cl2O2. The molecule has 2 nitrogen and oxygen atoms in total. The van der Waals surface area contributed by atoms with Gasteiger partial charge in [0.2, 0.25) is 5.24 Å². The van der Waals surface area contributed by atoms with E-state index in [0.717, 1.165) is 25.7 Å². The number of hydrogen-bond donors (Lipinski definition) is 0. The van der Waals surface area contributed by atoms with E-state index < -0.39 is 0 Å². The van der Waals surface area contributed by atoms with Gasteiger partial charge in [-0.15, -0.1) is 0 Å². The maximum atomic E-state index is 10.8. The molecule has 0 N–H and O–H groups in total. The Balaban J connectivity index is 2.25. The molecule has 0 spiro atoms. The Hall–Kier alpha value is 0.210. The Kier molecular flexibility index (Phi) is 4.33. The van der Waals surface area contributed by atoms with E-state index in [2.05, 4.69) is 4.29 Å². The van der Waals surface area contributed by atoms with Crippen molar-refractivity contribution in [3.63, 3.8) is 0 Å². The second kappa shape index (κ2) is 5.05. The molecule has 0 amide bonds. The largest absolute Gasteiger partial charge is 0.281 e. The lowest BCUT2D eigenvalue weighted by molar-refractivity contribution is -0.116. The van der Waals surface area contributed by atoms with Crippen molar-refractivity contribution < 1.29 is 9.08 Å². The third-order valence-corrected chi connectivity index (χ3v) is 2.90. The van der Waals surface area contributed by atoms with Crippen LogP contribution >= 0.6 is 23.5 Å². The number of halogens is 2. The fourth-order valence-electron chi connectivity index (χ4n) is 1.65. The van der Waals surface area contributed by atoms with Crippen LogP contribution in [0.3, 0.4) is 0 Å². The quantitative estimate of drug-likeness (QED) is 0.671. The highest BCUT2D eigenvalue weighted by molar-refractivity contribution is 6.63. The van der Waals surface area contributed by atoms with E-state index >= 15 is 0 Å². The smallest absolute Gasteiger partial charge is 0.224 e. The van der Waals surface area contributed by atoms with Gasteiger partial charge in [-0.3, -0.25) is 9.08 Å². The third-order valence-electron chi connectivity index (χ3n) is 2.47. The van der Waals surface area contributed by atoms with E-state index in [1.807, 2.05) is 0 Å². The van der Waals surface area contributed by atoms with Crippen molar-refractivity contribution in [3.8, 4) is 0 Å². The van der Waals surface area contributed by atoms with Gasteiger partial charge in [0.05, 0.1) is 18.5 Å². The first-order chi connectivity index (χ1) is 5.74. The summed E-state index contributed by atoms with van der Waals surface area (Å²) in [5, 5.41) is -0.194. The minimum absolute atomic E-state index is 0.0678. The number of carbonyl (C=O) groups excluding carboxylic acids is 1. The number of carbonyl (C=O) groups is 1. The van der Waals surface area contributed by atoms with Gasteiger partial charge in [-0.05, 0) is 43.2 Å². The van der Waals surface area contributed by atoms with Gasteiger partial charge in [-0.1, -0.05) is 0 Å². The Morgan fingerprint density at radius 2 is 1.92 bits per heavy atom. The molecule has 1 rings (SSSR count). The van der Waals surface area contributed by atoms with Crippen LogP contribution in [-0.4, -0.2) is 11.8 Å². The van der Waals surface area contributed by atoms with Crippen LogP contribution in [0.5, 0.6) is 0 Å². The molecule has 0 aromatic heterocycles. The monoisotopic (exact) mass is 210 g/mol. The highest BCUT2D eigenvalue weighted by Gasteiger charge is 2.24. The van der Waals surface area contributed by atoms with Crippen LogP contribution in [0.4, 0.5) is 0 Å². The maximum Gasteiger partial charge on any atom is 0.224 e. The molecule has 0 radical (unpaired) electrons. The molecule has 4 heteroatoms. The van der Waals surface area contributed by atoms with Gasteiger partial charge in [0.15, 0.2) is 0 Å². The molecule has 0 saturated heterocycles. The van der Waals surface area contributed by atoms with Crippen molar-refractivity contribution >= 4 is 28.7 Å².